The van der Waals surface area contributed by atoms with Gasteiger partial charge in [0.15, 0.2) is 5.78 Å². The first kappa shape index (κ1) is 19.1. The lowest BCUT2D eigenvalue weighted by Gasteiger charge is -2.02. The molecule has 0 aromatic heterocycles. The summed E-state index contributed by atoms with van der Waals surface area (Å²) in [6.45, 7) is 0. The number of sulfonamides is 1. The summed E-state index contributed by atoms with van der Waals surface area (Å²) in [4.78, 5) is 24.2. The molecule has 0 aliphatic carbocycles. The molecule has 0 unspecified atom stereocenters. The normalized spacial score (nSPS) is 16.7. The van der Waals surface area contributed by atoms with Crippen LogP contribution in [0.4, 0.5) is 5.69 Å². The summed E-state index contributed by atoms with van der Waals surface area (Å²) >= 11 is 0. The minimum absolute atomic E-state index is 0.0861. The average molecular weight is 400 g/mol. The van der Waals surface area contributed by atoms with Crippen LogP contribution >= 0.6 is 0 Å². The van der Waals surface area contributed by atoms with E-state index < -0.39 is 21.7 Å². The van der Waals surface area contributed by atoms with Crippen LogP contribution in [0.2, 0.25) is 0 Å². The molecule has 144 valence electrons. The molecule has 1 fully saturated rings. The molecule has 1 aliphatic heterocycles. The summed E-state index contributed by atoms with van der Waals surface area (Å²) < 4.78 is 33.2. The number of ether oxygens (including phenoxy) is 1. The zero-order valence-corrected chi connectivity index (χ0v) is 15.5. The fourth-order valence-corrected chi connectivity index (χ4v) is 3.24. The molecule has 0 bridgehead atoms. The van der Waals surface area contributed by atoms with Crippen LogP contribution < -0.4 is 21.1 Å². The third-order valence-electron chi connectivity index (χ3n) is 3.77. The van der Waals surface area contributed by atoms with Gasteiger partial charge in [0.25, 0.3) is 15.9 Å². The van der Waals surface area contributed by atoms with Crippen molar-refractivity contribution in [2.24, 2.45) is 4.40 Å². The second kappa shape index (κ2) is 7.53. The second-order valence-corrected chi connectivity index (χ2v) is 7.32. The van der Waals surface area contributed by atoms with E-state index in [0.717, 1.165) is 6.08 Å². The highest BCUT2D eigenvalue weighted by Crippen LogP contribution is 2.16. The van der Waals surface area contributed by atoms with Gasteiger partial charge in [-0.1, -0.05) is 0 Å². The van der Waals surface area contributed by atoms with Crippen LogP contribution in [0.3, 0.4) is 0 Å². The Labute approximate surface area is 161 Å². The van der Waals surface area contributed by atoms with Crippen LogP contribution in [0.15, 0.2) is 69.6 Å². The molecule has 9 nitrogen and oxygen atoms in total. The highest BCUT2D eigenvalue weighted by Gasteiger charge is 2.25. The first-order valence-corrected chi connectivity index (χ1v) is 9.41. The van der Waals surface area contributed by atoms with Crippen molar-refractivity contribution in [1.29, 1.82) is 0 Å². The molecule has 3 rings (SSSR count). The Hall–Kier alpha value is -3.66. The third kappa shape index (κ3) is 4.18. The number of guanidine groups is 1. The lowest BCUT2D eigenvalue weighted by atomic mass is 10.1. The zero-order valence-electron chi connectivity index (χ0n) is 14.7. The number of ketones is 1. The number of anilines is 1. The van der Waals surface area contributed by atoms with Crippen LogP contribution in [-0.2, 0) is 14.8 Å². The van der Waals surface area contributed by atoms with Gasteiger partial charge >= 0.3 is 0 Å². The summed E-state index contributed by atoms with van der Waals surface area (Å²) in [5.41, 5.74) is 6.16. The van der Waals surface area contributed by atoms with Gasteiger partial charge in [-0.2, -0.15) is 8.42 Å². The van der Waals surface area contributed by atoms with Crippen LogP contribution in [0.5, 0.6) is 5.75 Å². The van der Waals surface area contributed by atoms with Gasteiger partial charge in [0.1, 0.15) is 11.4 Å². The van der Waals surface area contributed by atoms with Crippen molar-refractivity contribution < 1.29 is 22.7 Å². The zero-order chi connectivity index (χ0) is 20.3. The number of nitrogen functional groups attached to an aromatic ring is 1. The maximum Gasteiger partial charge on any atom is 0.285 e. The van der Waals surface area contributed by atoms with Gasteiger partial charge in [-0.25, -0.2) is 0 Å². The topological polar surface area (TPSA) is 140 Å². The van der Waals surface area contributed by atoms with Crippen molar-refractivity contribution in [3.63, 3.8) is 0 Å². The number of nitrogens with zero attached hydrogens (tertiary/aromatic N) is 1. The molecule has 4 N–H and O–H groups in total. The Kier molecular flexibility index (Phi) is 5.14. The number of amides is 1. The number of benzene rings is 2. The highest BCUT2D eigenvalue weighted by atomic mass is 32.2. The van der Waals surface area contributed by atoms with E-state index in [1.54, 1.807) is 24.3 Å². The second-order valence-electron chi connectivity index (χ2n) is 5.71. The van der Waals surface area contributed by atoms with Crippen molar-refractivity contribution in [3.8, 4) is 5.75 Å². The van der Waals surface area contributed by atoms with Gasteiger partial charge in [-0.15, -0.1) is 4.40 Å². The fraction of sp³-hybridized carbons (Fsp3) is 0.0556. The lowest BCUT2D eigenvalue weighted by molar-refractivity contribution is -0.115. The number of allylic oxidation sites excluding steroid dienone is 1. The monoisotopic (exact) mass is 400 g/mol. The van der Waals surface area contributed by atoms with Gasteiger partial charge in [-0.05, 0) is 48.5 Å². The molecule has 28 heavy (non-hydrogen) atoms. The molecule has 2 aromatic rings. The van der Waals surface area contributed by atoms with E-state index in [4.69, 9.17) is 10.5 Å². The summed E-state index contributed by atoms with van der Waals surface area (Å²) in [6.07, 6.45) is 1.06. The Balaban J connectivity index is 1.80. The molecule has 2 aromatic carbocycles. The number of nitrogens with two attached hydrogens (primary N) is 1. The molecular formula is C18H16N4O5S. The molecule has 0 atom stereocenters. The molecule has 0 spiro atoms. The molecule has 0 saturated carbocycles. The number of nitrogens with one attached hydrogen (secondary N) is 2. The Bertz CT molecular complexity index is 1090. The maximum absolute atomic E-state index is 12.3. The highest BCUT2D eigenvalue weighted by molar-refractivity contribution is 7.90. The molecule has 1 amide bonds. The fourth-order valence-electron chi connectivity index (χ4n) is 2.32. The smallest absolute Gasteiger partial charge is 0.285 e. The number of hydrogen-bond donors (Lipinski definition) is 3. The van der Waals surface area contributed by atoms with Crippen LogP contribution in [0.25, 0.3) is 0 Å². The van der Waals surface area contributed by atoms with E-state index >= 15 is 0 Å². The number of methoxy groups -OCH3 is 1. The standard InChI is InChI=1S/C18H16N4O5S/c1-27-13-6-2-11(3-7-13)16(23)10-15-17(24)21-18(20-15)22-28(25,26)14-8-4-12(19)5-9-14/h2-10H,19H2,1H3,(H2,20,21,22,24). The summed E-state index contributed by atoms with van der Waals surface area (Å²) in [6, 6.07) is 11.8. The van der Waals surface area contributed by atoms with Crippen molar-refractivity contribution in [2.75, 3.05) is 12.8 Å². The predicted molar refractivity (Wildman–Crippen MR) is 102 cm³/mol. The van der Waals surface area contributed by atoms with E-state index in [1.165, 1.54) is 31.4 Å². The van der Waals surface area contributed by atoms with Gasteiger partial charge in [0.05, 0.1) is 12.0 Å². The Morgan fingerprint density at radius 1 is 1.07 bits per heavy atom. The van der Waals surface area contributed by atoms with Crippen LogP contribution in [-0.4, -0.2) is 33.2 Å². The van der Waals surface area contributed by atoms with E-state index in [1.807, 2.05) is 0 Å². The molecule has 1 aliphatic rings. The SMILES string of the molecule is COc1ccc(C(=O)C=C2N/C(=N/S(=O)(=O)c3ccc(N)cc3)NC2=O)cc1. The molecule has 1 saturated heterocycles. The number of rotatable bonds is 5. The average Bonchev–Trinajstić information content (AvgIpc) is 3.00. The maximum atomic E-state index is 12.3. The Morgan fingerprint density at radius 3 is 2.32 bits per heavy atom. The largest absolute Gasteiger partial charge is 0.497 e. The molecular weight excluding hydrogens is 384 g/mol. The Morgan fingerprint density at radius 2 is 1.71 bits per heavy atom. The quantitative estimate of drug-likeness (QED) is 0.383. The van der Waals surface area contributed by atoms with Crippen molar-refractivity contribution in [2.45, 2.75) is 4.90 Å². The third-order valence-corrected chi connectivity index (χ3v) is 5.06. The van der Waals surface area contributed by atoms with Gasteiger partial charge in [0.2, 0.25) is 5.96 Å². The summed E-state index contributed by atoms with van der Waals surface area (Å²) in [5, 5.41) is 4.77. The van der Waals surface area contributed by atoms with Crippen LogP contribution in [0, 0.1) is 0 Å². The predicted octanol–water partition coefficient (Wildman–Crippen LogP) is 0.808. The summed E-state index contributed by atoms with van der Waals surface area (Å²) in [5.74, 6) is -0.824. The summed E-state index contributed by atoms with van der Waals surface area (Å²) in [7, 11) is -2.56. The van der Waals surface area contributed by atoms with E-state index in [9.17, 15) is 18.0 Å². The number of carbonyl (C=O) groups excluding carboxylic acids is 2. The lowest BCUT2D eigenvalue weighted by Crippen LogP contribution is -2.26. The van der Waals surface area contributed by atoms with Gasteiger partial charge in [-0.3, -0.25) is 14.9 Å². The van der Waals surface area contributed by atoms with Crippen molar-refractivity contribution in [1.82, 2.24) is 10.6 Å². The first-order valence-electron chi connectivity index (χ1n) is 7.97. The molecule has 1 heterocycles. The van der Waals surface area contributed by atoms with Gasteiger partial charge < -0.3 is 15.8 Å². The van der Waals surface area contributed by atoms with Crippen molar-refractivity contribution >= 4 is 33.4 Å². The van der Waals surface area contributed by atoms with E-state index in [0.29, 0.717) is 17.0 Å². The van der Waals surface area contributed by atoms with Gasteiger partial charge in [0, 0.05) is 17.3 Å². The minimum atomic E-state index is -4.07. The molecule has 0 radical (unpaired) electrons. The minimum Gasteiger partial charge on any atom is -0.497 e. The van der Waals surface area contributed by atoms with Crippen molar-refractivity contribution in [3.05, 3.63) is 65.9 Å². The first-order chi connectivity index (χ1) is 13.3. The number of carbonyl (C=O) groups is 2. The molecule has 10 heteroatoms. The van der Waals surface area contributed by atoms with E-state index in [2.05, 4.69) is 15.0 Å². The van der Waals surface area contributed by atoms with Crippen LogP contribution in [0.1, 0.15) is 10.4 Å². The van der Waals surface area contributed by atoms with E-state index in [-0.39, 0.29) is 16.6 Å². The number of hydrogen-bond acceptors (Lipinski definition) is 6.